The van der Waals surface area contributed by atoms with E-state index in [1.54, 1.807) is 19.1 Å². The van der Waals surface area contributed by atoms with E-state index in [4.69, 9.17) is 0 Å². The van der Waals surface area contributed by atoms with Crippen LogP contribution in [0.3, 0.4) is 0 Å². The van der Waals surface area contributed by atoms with Crippen LogP contribution in [0, 0.1) is 19.7 Å². The summed E-state index contributed by atoms with van der Waals surface area (Å²) in [5.41, 5.74) is 1.66. The highest BCUT2D eigenvalue weighted by atomic mass is 79.9. The first kappa shape index (κ1) is 15.0. The van der Waals surface area contributed by atoms with Gasteiger partial charge in [0.1, 0.15) is 10.7 Å². The third-order valence-electron chi connectivity index (χ3n) is 2.79. The molecule has 3 nitrogen and oxygen atoms in total. The summed E-state index contributed by atoms with van der Waals surface area (Å²) in [5, 5.41) is 0. The van der Waals surface area contributed by atoms with Crippen LogP contribution in [0.5, 0.6) is 0 Å². The Morgan fingerprint density at radius 2 is 1.80 bits per heavy atom. The molecule has 0 atom stereocenters. The van der Waals surface area contributed by atoms with Crippen LogP contribution in [0.2, 0.25) is 0 Å². The molecule has 0 saturated heterocycles. The van der Waals surface area contributed by atoms with E-state index in [-0.39, 0.29) is 10.7 Å². The average Bonchev–Trinajstić information content (AvgIpc) is 2.33. The van der Waals surface area contributed by atoms with Crippen molar-refractivity contribution in [3.63, 3.8) is 0 Å². The minimum absolute atomic E-state index is 0.144. The predicted octanol–water partition coefficient (Wildman–Crippen LogP) is 4.01. The van der Waals surface area contributed by atoms with Gasteiger partial charge in [0.25, 0.3) is 10.0 Å². The molecule has 2 rings (SSSR count). The van der Waals surface area contributed by atoms with Crippen molar-refractivity contribution < 1.29 is 12.8 Å². The molecule has 0 aromatic heterocycles. The van der Waals surface area contributed by atoms with E-state index in [0.29, 0.717) is 15.7 Å². The second kappa shape index (κ2) is 5.54. The van der Waals surface area contributed by atoms with Gasteiger partial charge in [-0.1, -0.05) is 6.07 Å². The van der Waals surface area contributed by atoms with Crippen molar-refractivity contribution in [2.75, 3.05) is 4.72 Å². The molecule has 0 radical (unpaired) electrons. The fourth-order valence-corrected chi connectivity index (χ4v) is 3.98. The Morgan fingerprint density at radius 1 is 1.10 bits per heavy atom. The number of nitrogens with one attached hydrogen (secondary N) is 1. The fourth-order valence-electron chi connectivity index (χ4n) is 1.74. The van der Waals surface area contributed by atoms with Gasteiger partial charge < -0.3 is 0 Å². The van der Waals surface area contributed by atoms with E-state index in [1.807, 2.05) is 6.92 Å². The first-order valence-corrected chi connectivity index (χ1v) is 8.12. The molecule has 0 aliphatic carbocycles. The van der Waals surface area contributed by atoms with Crippen molar-refractivity contribution >= 4 is 31.6 Å². The number of anilines is 1. The van der Waals surface area contributed by atoms with Gasteiger partial charge in [-0.25, -0.2) is 12.8 Å². The molecule has 0 fully saturated rings. The van der Waals surface area contributed by atoms with Crippen LogP contribution < -0.4 is 4.72 Å². The van der Waals surface area contributed by atoms with Gasteiger partial charge in [-0.05, 0) is 71.2 Å². The molecule has 2 aromatic carbocycles. The smallest absolute Gasteiger partial charge is 0.263 e. The lowest BCUT2D eigenvalue weighted by Gasteiger charge is -2.11. The van der Waals surface area contributed by atoms with Crippen LogP contribution in [0.1, 0.15) is 11.1 Å². The highest BCUT2D eigenvalue weighted by Crippen LogP contribution is 2.25. The topological polar surface area (TPSA) is 46.2 Å². The van der Waals surface area contributed by atoms with E-state index in [2.05, 4.69) is 20.7 Å². The van der Waals surface area contributed by atoms with Crippen molar-refractivity contribution in [1.29, 1.82) is 0 Å². The van der Waals surface area contributed by atoms with Crippen molar-refractivity contribution in [3.8, 4) is 0 Å². The Bertz CT molecular complexity index is 760. The molecular weight excluding hydrogens is 345 g/mol. The largest absolute Gasteiger partial charge is 0.280 e. The zero-order chi connectivity index (χ0) is 14.9. The van der Waals surface area contributed by atoms with Crippen LogP contribution in [0.15, 0.2) is 45.8 Å². The number of benzene rings is 2. The second-order valence-corrected chi connectivity index (χ2v) is 7.01. The van der Waals surface area contributed by atoms with Crippen molar-refractivity contribution in [1.82, 2.24) is 0 Å². The molecule has 1 N–H and O–H groups in total. The maximum atomic E-state index is 13.2. The summed E-state index contributed by atoms with van der Waals surface area (Å²) < 4.78 is 40.7. The van der Waals surface area contributed by atoms with Gasteiger partial charge in [0, 0.05) is 10.2 Å². The summed E-state index contributed by atoms with van der Waals surface area (Å²) in [5.74, 6) is -0.371. The summed E-state index contributed by atoms with van der Waals surface area (Å²) in [7, 11) is -3.71. The number of sulfonamides is 1. The first-order valence-electron chi connectivity index (χ1n) is 5.85. The van der Waals surface area contributed by atoms with E-state index < -0.39 is 10.0 Å². The van der Waals surface area contributed by atoms with Gasteiger partial charge in [-0.3, -0.25) is 4.72 Å². The van der Waals surface area contributed by atoms with Gasteiger partial charge in [0.05, 0.1) is 0 Å². The SMILES string of the molecule is Cc1ccc(S(=O)(=O)Nc2ccc(F)c(C)c2)c(Br)c1. The molecule has 0 spiro atoms. The lowest BCUT2D eigenvalue weighted by molar-refractivity contribution is 0.600. The molecule has 20 heavy (non-hydrogen) atoms. The van der Waals surface area contributed by atoms with Crippen LogP contribution in [-0.4, -0.2) is 8.42 Å². The minimum atomic E-state index is -3.71. The summed E-state index contributed by atoms with van der Waals surface area (Å²) in [6.45, 7) is 3.45. The molecule has 0 amide bonds. The monoisotopic (exact) mass is 357 g/mol. The van der Waals surface area contributed by atoms with Crippen molar-refractivity contribution in [2.45, 2.75) is 18.7 Å². The Balaban J connectivity index is 2.38. The van der Waals surface area contributed by atoms with Crippen molar-refractivity contribution in [2.24, 2.45) is 0 Å². The molecule has 0 heterocycles. The third kappa shape index (κ3) is 3.19. The third-order valence-corrected chi connectivity index (χ3v) is 5.15. The summed E-state index contributed by atoms with van der Waals surface area (Å²) in [6.07, 6.45) is 0. The van der Waals surface area contributed by atoms with E-state index >= 15 is 0 Å². The fraction of sp³-hybridized carbons (Fsp3) is 0.143. The van der Waals surface area contributed by atoms with Gasteiger partial charge in [-0.15, -0.1) is 0 Å². The van der Waals surface area contributed by atoms with Gasteiger partial charge in [-0.2, -0.15) is 0 Å². The molecule has 0 unspecified atom stereocenters. The molecule has 6 heteroatoms. The number of hydrogen-bond donors (Lipinski definition) is 1. The van der Waals surface area contributed by atoms with E-state index in [9.17, 15) is 12.8 Å². The Labute approximate surface area is 126 Å². The number of aryl methyl sites for hydroxylation is 2. The highest BCUT2D eigenvalue weighted by Gasteiger charge is 2.18. The lowest BCUT2D eigenvalue weighted by Crippen LogP contribution is -2.13. The zero-order valence-electron chi connectivity index (χ0n) is 10.9. The standard InChI is InChI=1S/C14H13BrFNO2S/c1-9-3-6-14(12(15)7-9)20(18,19)17-11-4-5-13(16)10(2)8-11/h3-8,17H,1-2H3. The maximum absolute atomic E-state index is 13.2. The Hall–Kier alpha value is -1.40. The molecule has 0 bridgehead atoms. The lowest BCUT2D eigenvalue weighted by atomic mass is 10.2. The molecule has 2 aromatic rings. The Morgan fingerprint density at radius 3 is 2.40 bits per heavy atom. The normalized spacial score (nSPS) is 11.4. The zero-order valence-corrected chi connectivity index (χ0v) is 13.3. The van der Waals surface area contributed by atoms with Crippen LogP contribution >= 0.6 is 15.9 Å². The molecule has 0 aliphatic heterocycles. The average molecular weight is 358 g/mol. The first-order chi connectivity index (χ1) is 9.29. The molecular formula is C14H13BrFNO2S. The quantitative estimate of drug-likeness (QED) is 0.901. The van der Waals surface area contributed by atoms with Crippen molar-refractivity contribution in [3.05, 3.63) is 57.8 Å². The van der Waals surface area contributed by atoms with Crippen LogP contribution in [0.25, 0.3) is 0 Å². The second-order valence-electron chi connectivity index (χ2n) is 4.50. The number of hydrogen-bond acceptors (Lipinski definition) is 2. The minimum Gasteiger partial charge on any atom is -0.280 e. The van der Waals surface area contributed by atoms with E-state index in [0.717, 1.165) is 5.56 Å². The van der Waals surface area contributed by atoms with Gasteiger partial charge in [0.15, 0.2) is 0 Å². The van der Waals surface area contributed by atoms with Gasteiger partial charge in [0.2, 0.25) is 0 Å². The molecule has 0 aliphatic rings. The predicted molar refractivity (Wildman–Crippen MR) is 80.8 cm³/mol. The summed E-state index contributed by atoms with van der Waals surface area (Å²) in [6, 6.07) is 9.05. The van der Waals surface area contributed by atoms with Crippen LogP contribution in [-0.2, 0) is 10.0 Å². The van der Waals surface area contributed by atoms with Crippen LogP contribution in [0.4, 0.5) is 10.1 Å². The Kier molecular flexibility index (Phi) is 4.15. The van der Waals surface area contributed by atoms with E-state index in [1.165, 1.54) is 24.3 Å². The highest BCUT2D eigenvalue weighted by molar-refractivity contribution is 9.10. The number of halogens is 2. The molecule has 0 saturated carbocycles. The van der Waals surface area contributed by atoms with Gasteiger partial charge >= 0.3 is 0 Å². The number of rotatable bonds is 3. The summed E-state index contributed by atoms with van der Waals surface area (Å²) >= 11 is 3.24. The maximum Gasteiger partial charge on any atom is 0.263 e. The molecule has 106 valence electrons. The summed E-state index contributed by atoms with van der Waals surface area (Å²) in [4.78, 5) is 0.144.